The van der Waals surface area contributed by atoms with E-state index >= 15 is 0 Å². The number of ether oxygens (including phenoxy) is 2. The molecule has 0 spiro atoms. The summed E-state index contributed by atoms with van der Waals surface area (Å²) in [5.41, 5.74) is 0. The topological polar surface area (TPSA) is 144 Å². The summed E-state index contributed by atoms with van der Waals surface area (Å²) in [6.45, 7) is 0.792. The zero-order valence-electron chi connectivity index (χ0n) is 7.83. The molecule has 0 amide bonds. The first kappa shape index (κ1) is 13.5. The minimum Gasteiger partial charge on any atom is -0.476 e. The predicted octanol–water partition coefficient (Wildman–Crippen LogP) is -1.84. The molecule has 0 saturated carbocycles. The van der Waals surface area contributed by atoms with Gasteiger partial charge < -0.3 is 19.7 Å². The van der Waals surface area contributed by atoms with Gasteiger partial charge in [0.25, 0.3) is 0 Å². The third-order valence-corrected chi connectivity index (χ3v) is 1.09. The van der Waals surface area contributed by atoms with E-state index in [1.807, 2.05) is 0 Å². The van der Waals surface area contributed by atoms with E-state index in [0.29, 0.717) is 0 Å². The molecular weight excluding hydrogens is 228 g/mol. The van der Waals surface area contributed by atoms with E-state index in [0.717, 1.165) is 6.92 Å². The SMILES string of the molecule is CC(=O)C(=O)OC(OC(=O)C(=O)O)C(=O)O. The molecule has 0 bridgehead atoms. The molecule has 0 fully saturated rings. The first-order valence-corrected chi connectivity index (χ1v) is 3.64. The van der Waals surface area contributed by atoms with E-state index in [9.17, 15) is 24.0 Å². The molecule has 0 heterocycles. The Morgan fingerprint density at radius 1 is 0.938 bits per heavy atom. The number of rotatable bonds is 4. The standard InChI is InChI=1S/C7H6O9/c1-2(8)5(13)15-7(4(11)12)16-6(14)3(9)10/h7H,1H3,(H,9,10)(H,11,12). The Bertz CT molecular complexity index is 327. The molecule has 88 valence electrons. The van der Waals surface area contributed by atoms with Crippen LogP contribution in [0.5, 0.6) is 0 Å². The molecule has 0 saturated heterocycles. The van der Waals surface area contributed by atoms with Crippen molar-refractivity contribution in [1.29, 1.82) is 0 Å². The van der Waals surface area contributed by atoms with Gasteiger partial charge in [0.1, 0.15) is 0 Å². The number of aliphatic carboxylic acids is 2. The van der Waals surface area contributed by atoms with Gasteiger partial charge in [-0.05, 0) is 0 Å². The van der Waals surface area contributed by atoms with Crippen molar-refractivity contribution in [2.24, 2.45) is 0 Å². The van der Waals surface area contributed by atoms with Crippen LogP contribution in [0.4, 0.5) is 0 Å². The Morgan fingerprint density at radius 2 is 1.38 bits per heavy atom. The van der Waals surface area contributed by atoms with Crippen LogP contribution < -0.4 is 0 Å². The molecule has 9 heteroatoms. The summed E-state index contributed by atoms with van der Waals surface area (Å²) in [4.78, 5) is 51.8. The van der Waals surface area contributed by atoms with Gasteiger partial charge in [0.05, 0.1) is 0 Å². The van der Waals surface area contributed by atoms with Crippen LogP contribution in [0.15, 0.2) is 0 Å². The maximum Gasteiger partial charge on any atom is 0.420 e. The minimum absolute atomic E-state index is 0.792. The van der Waals surface area contributed by atoms with Crippen LogP contribution in [0.2, 0.25) is 0 Å². The van der Waals surface area contributed by atoms with Crippen molar-refractivity contribution in [3.63, 3.8) is 0 Å². The average Bonchev–Trinajstić information content (AvgIpc) is 2.15. The van der Waals surface area contributed by atoms with E-state index < -0.39 is 36.0 Å². The molecule has 0 radical (unpaired) electrons. The fraction of sp³-hybridized carbons (Fsp3) is 0.286. The maximum absolute atomic E-state index is 10.6. The molecule has 16 heavy (non-hydrogen) atoms. The van der Waals surface area contributed by atoms with Gasteiger partial charge in [0.15, 0.2) is 0 Å². The van der Waals surface area contributed by atoms with E-state index in [4.69, 9.17) is 10.2 Å². The van der Waals surface area contributed by atoms with Crippen molar-refractivity contribution < 1.29 is 43.7 Å². The van der Waals surface area contributed by atoms with Gasteiger partial charge in [-0.3, -0.25) is 4.79 Å². The first-order valence-electron chi connectivity index (χ1n) is 3.64. The number of carboxylic acids is 2. The molecule has 0 aromatic rings. The fourth-order valence-corrected chi connectivity index (χ4v) is 0.453. The van der Waals surface area contributed by atoms with Crippen molar-refractivity contribution in [2.45, 2.75) is 13.2 Å². The Kier molecular flexibility index (Phi) is 4.60. The number of hydrogen-bond donors (Lipinski definition) is 2. The van der Waals surface area contributed by atoms with Gasteiger partial charge in [-0.15, -0.1) is 0 Å². The van der Waals surface area contributed by atoms with E-state index in [1.54, 1.807) is 0 Å². The molecule has 0 aliphatic heterocycles. The number of carbonyl (C=O) groups excluding carboxylic acids is 3. The Labute approximate surface area is 87.6 Å². The van der Waals surface area contributed by atoms with Gasteiger partial charge in [0.2, 0.25) is 5.78 Å². The smallest absolute Gasteiger partial charge is 0.420 e. The van der Waals surface area contributed by atoms with Gasteiger partial charge in [-0.25, -0.2) is 19.2 Å². The molecule has 9 nitrogen and oxygen atoms in total. The summed E-state index contributed by atoms with van der Waals surface area (Å²) in [7, 11) is 0. The highest BCUT2D eigenvalue weighted by molar-refractivity contribution is 6.33. The number of Topliss-reactive ketones (excluding diaryl/α,β-unsaturated/α-hetero) is 1. The summed E-state index contributed by atoms with van der Waals surface area (Å²) < 4.78 is 7.66. The summed E-state index contributed by atoms with van der Waals surface area (Å²) in [5, 5.41) is 16.5. The van der Waals surface area contributed by atoms with Gasteiger partial charge in [0, 0.05) is 6.92 Å². The van der Waals surface area contributed by atoms with Crippen LogP contribution in [0, 0.1) is 0 Å². The second-order valence-electron chi connectivity index (χ2n) is 2.34. The Hall–Kier alpha value is -2.45. The predicted molar refractivity (Wildman–Crippen MR) is 41.9 cm³/mol. The lowest BCUT2D eigenvalue weighted by Crippen LogP contribution is -2.35. The molecule has 0 aromatic carbocycles. The number of hydrogen-bond acceptors (Lipinski definition) is 7. The molecule has 0 aromatic heterocycles. The molecular formula is C7H6O9. The molecule has 2 N–H and O–H groups in total. The lowest BCUT2D eigenvalue weighted by molar-refractivity contribution is -0.203. The number of carbonyl (C=O) groups is 5. The third-order valence-electron chi connectivity index (χ3n) is 1.09. The van der Waals surface area contributed by atoms with Gasteiger partial charge >= 0.3 is 30.2 Å². The van der Waals surface area contributed by atoms with Crippen molar-refractivity contribution in [3.05, 3.63) is 0 Å². The van der Waals surface area contributed by atoms with E-state index in [2.05, 4.69) is 9.47 Å². The first-order chi connectivity index (χ1) is 7.25. The number of carboxylic acid groups (broad SMARTS) is 2. The molecule has 1 unspecified atom stereocenters. The largest absolute Gasteiger partial charge is 0.476 e. The van der Waals surface area contributed by atoms with Crippen LogP contribution >= 0.6 is 0 Å². The Balaban J connectivity index is 4.58. The van der Waals surface area contributed by atoms with Crippen molar-refractivity contribution in [1.82, 2.24) is 0 Å². The number of ketones is 1. The van der Waals surface area contributed by atoms with Crippen molar-refractivity contribution in [3.8, 4) is 0 Å². The molecule has 1 atom stereocenters. The van der Waals surface area contributed by atoms with Gasteiger partial charge in [-0.1, -0.05) is 0 Å². The zero-order valence-corrected chi connectivity index (χ0v) is 7.83. The average molecular weight is 234 g/mol. The minimum atomic E-state index is -2.47. The van der Waals surface area contributed by atoms with Crippen LogP contribution in [-0.4, -0.2) is 46.2 Å². The van der Waals surface area contributed by atoms with Crippen LogP contribution in [-0.2, 0) is 33.4 Å². The molecule has 0 aliphatic carbocycles. The third kappa shape index (κ3) is 4.17. The summed E-state index contributed by atoms with van der Waals surface area (Å²) in [5.74, 6) is -8.61. The van der Waals surface area contributed by atoms with Gasteiger partial charge in [-0.2, -0.15) is 0 Å². The summed E-state index contributed by atoms with van der Waals surface area (Å²) in [6.07, 6.45) is -2.47. The van der Waals surface area contributed by atoms with Crippen LogP contribution in [0.1, 0.15) is 6.92 Å². The van der Waals surface area contributed by atoms with E-state index in [1.165, 1.54) is 0 Å². The highest BCUT2D eigenvalue weighted by atomic mass is 16.7. The van der Waals surface area contributed by atoms with Crippen molar-refractivity contribution >= 4 is 29.7 Å². The van der Waals surface area contributed by atoms with Crippen LogP contribution in [0.3, 0.4) is 0 Å². The quantitative estimate of drug-likeness (QED) is 0.325. The summed E-state index contributed by atoms with van der Waals surface area (Å²) >= 11 is 0. The maximum atomic E-state index is 10.6. The monoisotopic (exact) mass is 234 g/mol. The fourth-order valence-electron chi connectivity index (χ4n) is 0.453. The number of esters is 2. The second kappa shape index (κ2) is 5.44. The van der Waals surface area contributed by atoms with Crippen molar-refractivity contribution in [2.75, 3.05) is 0 Å². The summed E-state index contributed by atoms with van der Waals surface area (Å²) in [6, 6.07) is 0. The van der Waals surface area contributed by atoms with E-state index in [-0.39, 0.29) is 0 Å². The lowest BCUT2D eigenvalue weighted by atomic mass is 10.4. The molecule has 0 rings (SSSR count). The zero-order chi connectivity index (χ0) is 12.9. The normalized spacial score (nSPS) is 11.1. The molecule has 0 aliphatic rings. The van der Waals surface area contributed by atoms with Crippen LogP contribution in [0.25, 0.3) is 0 Å². The second-order valence-corrected chi connectivity index (χ2v) is 2.34. The Morgan fingerprint density at radius 3 is 1.69 bits per heavy atom. The highest BCUT2D eigenvalue weighted by Crippen LogP contribution is 1.98. The highest BCUT2D eigenvalue weighted by Gasteiger charge is 2.30. The lowest BCUT2D eigenvalue weighted by Gasteiger charge is -2.11.